The average Bonchev–Trinajstić information content (AvgIpc) is 3.48. The molecule has 0 saturated carbocycles. The van der Waals surface area contributed by atoms with Crippen LogP contribution in [0.2, 0.25) is 0 Å². The van der Waals surface area contributed by atoms with Gasteiger partial charge in [0.15, 0.2) is 11.3 Å². The van der Waals surface area contributed by atoms with Gasteiger partial charge in [-0.15, -0.1) is 0 Å². The van der Waals surface area contributed by atoms with Crippen molar-refractivity contribution in [1.82, 2.24) is 14.8 Å². The second kappa shape index (κ2) is 7.64. The monoisotopic (exact) mass is 440 g/mol. The topological polar surface area (TPSA) is 108 Å². The molecule has 33 heavy (non-hydrogen) atoms. The van der Waals surface area contributed by atoms with Gasteiger partial charge in [0.25, 0.3) is 5.91 Å². The quantitative estimate of drug-likeness (QED) is 0.361. The fourth-order valence-electron chi connectivity index (χ4n) is 4.29. The van der Waals surface area contributed by atoms with Gasteiger partial charge in [0, 0.05) is 34.6 Å². The van der Waals surface area contributed by atoms with E-state index in [-0.39, 0.29) is 5.78 Å². The number of aryl methyl sites for hydroxylation is 1. The van der Waals surface area contributed by atoms with Gasteiger partial charge >= 0.3 is 6.03 Å². The number of hydrogen-bond acceptors (Lipinski definition) is 5. The minimum atomic E-state index is -1.41. The number of hydrogen-bond donors (Lipinski definition) is 1. The zero-order valence-electron chi connectivity index (χ0n) is 17.9. The van der Waals surface area contributed by atoms with Gasteiger partial charge in [0.1, 0.15) is 11.3 Å². The van der Waals surface area contributed by atoms with E-state index in [9.17, 15) is 14.4 Å². The van der Waals surface area contributed by atoms with E-state index in [2.05, 4.69) is 11.4 Å². The number of urea groups is 1. The lowest BCUT2D eigenvalue weighted by Crippen LogP contribution is -2.41. The van der Waals surface area contributed by atoms with Crippen LogP contribution in [0, 0.1) is 11.3 Å². The van der Waals surface area contributed by atoms with Gasteiger partial charge in [0.05, 0.1) is 19.0 Å². The van der Waals surface area contributed by atoms with Gasteiger partial charge in [-0.2, -0.15) is 5.26 Å². The molecule has 0 unspecified atom stereocenters. The number of amides is 3. The van der Waals surface area contributed by atoms with E-state index in [1.54, 1.807) is 25.3 Å². The standard InChI is InChI=1S/C25H20N4O4/c1-25(22-13-16-7-2-5-10-21(16)33-22)23(31)29(24(32)27-25)15-20(30)18-14-28(12-6-11-26)19-9-4-3-8-17(18)19/h2-5,7-10,13-14H,6,12,15H2,1H3,(H,27,32)/t25-/m1/s1. The fraction of sp³-hybridized carbons (Fsp3) is 0.200. The Hall–Kier alpha value is -4.38. The first-order valence-corrected chi connectivity index (χ1v) is 10.5. The smallest absolute Gasteiger partial charge is 0.325 e. The van der Waals surface area contributed by atoms with E-state index in [4.69, 9.17) is 9.68 Å². The lowest BCUT2D eigenvalue weighted by Gasteiger charge is -2.18. The highest BCUT2D eigenvalue weighted by Gasteiger charge is 2.51. The zero-order chi connectivity index (χ0) is 23.2. The van der Waals surface area contributed by atoms with Crippen LogP contribution < -0.4 is 5.32 Å². The predicted octanol–water partition coefficient (Wildman–Crippen LogP) is 3.95. The number of rotatable bonds is 6. The molecule has 4 aromatic rings. The molecule has 164 valence electrons. The molecule has 5 rings (SSSR count). The summed E-state index contributed by atoms with van der Waals surface area (Å²) in [6.07, 6.45) is 1.98. The van der Waals surface area contributed by atoms with E-state index < -0.39 is 24.0 Å². The summed E-state index contributed by atoms with van der Waals surface area (Å²) in [6.45, 7) is 1.62. The molecular formula is C25H20N4O4. The number of carbonyl (C=O) groups is 3. The molecule has 1 N–H and O–H groups in total. The van der Waals surface area contributed by atoms with Gasteiger partial charge in [-0.1, -0.05) is 36.4 Å². The summed E-state index contributed by atoms with van der Waals surface area (Å²) in [4.78, 5) is 40.1. The number of nitrogens with one attached hydrogen (secondary N) is 1. The molecule has 0 radical (unpaired) electrons. The SMILES string of the molecule is C[C@]1(c2cc3ccccc3o2)NC(=O)N(CC(=O)c2cn(CCC#N)c3ccccc23)C1=O. The Morgan fingerprint density at radius 3 is 2.70 bits per heavy atom. The Labute approximate surface area is 189 Å². The van der Waals surface area contributed by atoms with Gasteiger partial charge in [-0.3, -0.25) is 14.5 Å². The highest BCUT2D eigenvalue weighted by molar-refractivity contribution is 6.14. The molecular weight excluding hydrogens is 420 g/mol. The number of furan rings is 1. The molecule has 2 aromatic heterocycles. The molecule has 3 amide bonds. The molecule has 0 spiro atoms. The number of carbonyl (C=O) groups excluding carboxylic acids is 3. The second-order valence-corrected chi connectivity index (χ2v) is 8.18. The minimum absolute atomic E-state index is 0.301. The summed E-state index contributed by atoms with van der Waals surface area (Å²) in [5.41, 5.74) is 0.425. The number of benzene rings is 2. The average molecular weight is 440 g/mol. The number of nitriles is 1. The summed E-state index contributed by atoms with van der Waals surface area (Å²) in [5, 5.41) is 13.1. The maximum Gasteiger partial charge on any atom is 0.325 e. The van der Waals surface area contributed by atoms with Crippen molar-refractivity contribution >= 4 is 39.6 Å². The van der Waals surface area contributed by atoms with Crippen molar-refractivity contribution in [2.45, 2.75) is 25.4 Å². The van der Waals surface area contributed by atoms with Crippen LogP contribution >= 0.6 is 0 Å². The van der Waals surface area contributed by atoms with Crippen LogP contribution in [-0.4, -0.2) is 33.7 Å². The van der Waals surface area contributed by atoms with E-state index in [1.807, 2.05) is 47.0 Å². The Bertz CT molecular complexity index is 1440. The number of aromatic nitrogens is 1. The maximum atomic E-state index is 13.3. The molecule has 1 aliphatic heterocycles. The Morgan fingerprint density at radius 1 is 1.15 bits per heavy atom. The van der Waals surface area contributed by atoms with Crippen molar-refractivity contribution in [3.63, 3.8) is 0 Å². The number of ketones is 1. The molecule has 1 atom stereocenters. The lowest BCUT2D eigenvalue weighted by molar-refractivity contribution is -0.131. The van der Waals surface area contributed by atoms with Gasteiger partial charge in [-0.25, -0.2) is 4.79 Å². The van der Waals surface area contributed by atoms with Crippen molar-refractivity contribution in [2.75, 3.05) is 6.54 Å². The molecule has 1 saturated heterocycles. The van der Waals surface area contributed by atoms with Crippen LogP contribution in [-0.2, 0) is 16.9 Å². The van der Waals surface area contributed by atoms with Crippen LogP contribution in [0.5, 0.6) is 0 Å². The van der Waals surface area contributed by atoms with Crippen molar-refractivity contribution < 1.29 is 18.8 Å². The highest BCUT2D eigenvalue weighted by Crippen LogP contribution is 2.33. The molecule has 2 aromatic carbocycles. The number of imide groups is 1. The number of para-hydroxylation sites is 2. The third-order valence-corrected chi connectivity index (χ3v) is 6.05. The Balaban J connectivity index is 1.44. The molecule has 8 heteroatoms. The maximum absolute atomic E-state index is 13.3. The fourth-order valence-corrected chi connectivity index (χ4v) is 4.29. The molecule has 0 bridgehead atoms. The molecule has 0 aliphatic carbocycles. The van der Waals surface area contributed by atoms with Gasteiger partial charge < -0.3 is 14.3 Å². The van der Waals surface area contributed by atoms with Crippen molar-refractivity contribution in [3.8, 4) is 6.07 Å². The van der Waals surface area contributed by atoms with E-state index >= 15 is 0 Å². The van der Waals surface area contributed by atoms with Crippen LogP contribution in [0.1, 0.15) is 29.5 Å². The van der Waals surface area contributed by atoms with Crippen LogP contribution in [0.3, 0.4) is 0 Å². The number of nitrogens with zero attached hydrogens (tertiary/aromatic N) is 3. The molecule has 8 nitrogen and oxygen atoms in total. The minimum Gasteiger partial charge on any atom is -0.458 e. The van der Waals surface area contributed by atoms with Crippen molar-refractivity contribution in [1.29, 1.82) is 5.26 Å². The summed E-state index contributed by atoms with van der Waals surface area (Å²) in [5.74, 6) is -0.600. The zero-order valence-corrected chi connectivity index (χ0v) is 17.9. The summed E-state index contributed by atoms with van der Waals surface area (Å²) in [7, 11) is 0. The third kappa shape index (κ3) is 3.26. The van der Waals surface area contributed by atoms with Crippen LogP contribution in [0.25, 0.3) is 21.9 Å². The first kappa shape index (κ1) is 20.5. The van der Waals surface area contributed by atoms with E-state index in [1.165, 1.54) is 0 Å². The molecule has 1 fully saturated rings. The Kier molecular flexibility index (Phi) is 4.75. The summed E-state index contributed by atoms with van der Waals surface area (Å²) in [6, 6.07) is 17.9. The van der Waals surface area contributed by atoms with Gasteiger partial charge in [0.2, 0.25) is 0 Å². The number of fused-ring (bicyclic) bond motifs is 2. The molecule has 3 heterocycles. The van der Waals surface area contributed by atoms with Gasteiger partial charge in [-0.05, 0) is 25.1 Å². The van der Waals surface area contributed by atoms with E-state index in [0.29, 0.717) is 35.3 Å². The van der Waals surface area contributed by atoms with Crippen LogP contribution in [0.15, 0.2) is 65.2 Å². The Morgan fingerprint density at radius 2 is 1.91 bits per heavy atom. The molecule has 1 aliphatic rings. The van der Waals surface area contributed by atoms with Crippen LogP contribution in [0.4, 0.5) is 4.79 Å². The highest BCUT2D eigenvalue weighted by atomic mass is 16.3. The largest absolute Gasteiger partial charge is 0.458 e. The first-order valence-electron chi connectivity index (χ1n) is 10.5. The lowest BCUT2D eigenvalue weighted by atomic mass is 9.98. The summed E-state index contributed by atoms with van der Waals surface area (Å²) >= 11 is 0. The number of Topliss-reactive ketones (excluding diaryl/α,β-unsaturated/α-hetero) is 1. The van der Waals surface area contributed by atoms with Crippen molar-refractivity contribution in [2.24, 2.45) is 0 Å². The second-order valence-electron chi connectivity index (χ2n) is 8.18. The first-order chi connectivity index (χ1) is 15.9. The van der Waals surface area contributed by atoms with E-state index in [0.717, 1.165) is 15.8 Å². The normalized spacial score (nSPS) is 18.1. The third-order valence-electron chi connectivity index (χ3n) is 6.05. The predicted molar refractivity (Wildman–Crippen MR) is 120 cm³/mol. The summed E-state index contributed by atoms with van der Waals surface area (Å²) < 4.78 is 7.68. The van der Waals surface area contributed by atoms with Crippen molar-refractivity contribution in [3.05, 3.63) is 72.1 Å².